The first-order valence-corrected chi connectivity index (χ1v) is 18.3. The summed E-state index contributed by atoms with van der Waals surface area (Å²) in [5.74, 6) is 2.39. The monoisotopic (exact) mass is 730 g/mol. The van der Waals surface area contributed by atoms with E-state index in [0.29, 0.717) is 29.0 Å². The summed E-state index contributed by atoms with van der Waals surface area (Å²) >= 11 is 6.92. The Morgan fingerprint density at radius 2 is 1.77 bits per heavy atom. The molecule has 1 atom stereocenters. The second-order valence-corrected chi connectivity index (χ2v) is 12.9. The van der Waals surface area contributed by atoms with Crippen molar-refractivity contribution in [3.8, 4) is 5.75 Å². The number of nitrogens with zero attached hydrogens (tertiary/aromatic N) is 3. The van der Waals surface area contributed by atoms with E-state index in [9.17, 15) is 0 Å². The predicted molar refractivity (Wildman–Crippen MR) is 219 cm³/mol. The maximum atomic E-state index is 7.00. The van der Waals surface area contributed by atoms with Gasteiger partial charge in [0.1, 0.15) is 11.5 Å². The van der Waals surface area contributed by atoms with Gasteiger partial charge in [-0.15, -0.1) is 0 Å². The average molecular weight is 731 g/mol. The number of oxazole rings is 1. The molecule has 1 aliphatic rings. The maximum Gasteiger partial charge on any atom is 0.198 e. The van der Waals surface area contributed by atoms with Crippen LogP contribution >= 0.6 is 11.6 Å². The van der Waals surface area contributed by atoms with Gasteiger partial charge < -0.3 is 24.7 Å². The number of rotatable bonds is 13. The number of methoxy groups -OCH3 is 2. The standard InChI is InChI=1S/C39H44ClN3O3.C2H6.CH5N.CH4O/c1-9-14-29(35(40)25(4)44-7)36-24(3)31(39(5,6)10-2)21-32(42-36)30(27-15-12-11-13-16-27)23-41-22-26-19-33(45-8)37-34(20-26)46-38(43-37)28-17-18-28;3*1-2/h9,11-16,19-22,28,30H,1,10,17-18,23H2,2-8H3;1-2H3;2H2,1H3;2H,1H3/b29-14+,35-25-,41-22?;;;. The van der Waals surface area contributed by atoms with E-state index >= 15 is 0 Å². The van der Waals surface area contributed by atoms with Crippen molar-refractivity contribution in [3.05, 3.63) is 118 Å². The molecule has 2 aromatic carbocycles. The Balaban J connectivity index is 0.00000148. The van der Waals surface area contributed by atoms with Crippen LogP contribution in [0.15, 0.2) is 87.5 Å². The molecule has 52 heavy (non-hydrogen) atoms. The number of aromatic nitrogens is 2. The molecule has 0 amide bonds. The van der Waals surface area contributed by atoms with Gasteiger partial charge in [0, 0.05) is 30.7 Å². The van der Waals surface area contributed by atoms with Crippen LogP contribution in [0.1, 0.15) is 112 Å². The molecular weight excluding hydrogens is 672 g/mol. The van der Waals surface area contributed by atoms with Crippen molar-refractivity contribution in [2.24, 2.45) is 10.7 Å². The number of halogens is 1. The molecule has 0 bridgehead atoms. The fourth-order valence-electron chi connectivity index (χ4n) is 5.71. The molecule has 0 saturated heterocycles. The fourth-order valence-corrected chi connectivity index (χ4v) is 5.94. The Morgan fingerprint density at radius 3 is 2.33 bits per heavy atom. The molecule has 1 saturated carbocycles. The van der Waals surface area contributed by atoms with E-state index in [4.69, 9.17) is 45.6 Å². The third-order valence-electron chi connectivity index (χ3n) is 9.03. The number of benzene rings is 2. The lowest BCUT2D eigenvalue weighted by atomic mass is 9.78. The van der Waals surface area contributed by atoms with Crippen LogP contribution in [0, 0.1) is 6.92 Å². The number of hydrogen-bond acceptors (Lipinski definition) is 8. The first-order valence-electron chi connectivity index (χ1n) is 17.9. The van der Waals surface area contributed by atoms with E-state index in [1.165, 1.54) is 12.6 Å². The van der Waals surface area contributed by atoms with Crippen molar-refractivity contribution in [1.29, 1.82) is 0 Å². The molecule has 9 heteroatoms. The smallest absolute Gasteiger partial charge is 0.198 e. The van der Waals surface area contributed by atoms with Gasteiger partial charge >= 0.3 is 0 Å². The van der Waals surface area contributed by atoms with Crippen molar-refractivity contribution in [1.82, 2.24) is 9.97 Å². The second kappa shape index (κ2) is 21.3. The Morgan fingerprint density at radius 1 is 1.12 bits per heavy atom. The molecule has 0 spiro atoms. The van der Waals surface area contributed by atoms with Crippen LogP contribution in [0.25, 0.3) is 16.7 Å². The fraction of sp³-hybridized carbons (Fsp3) is 0.419. The summed E-state index contributed by atoms with van der Waals surface area (Å²) in [6.07, 6.45) is 8.73. The molecule has 0 radical (unpaired) electrons. The zero-order valence-corrected chi connectivity index (χ0v) is 33.8. The number of nitrogens with two attached hydrogens (primary N) is 1. The van der Waals surface area contributed by atoms with E-state index in [1.54, 1.807) is 20.3 Å². The Bertz CT molecular complexity index is 1820. The normalized spacial score (nSPS) is 13.8. The zero-order valence-electron chi connectivity index (χ0n) is 33.0. The van der Waals surface area contributed by atoms with Gasteiger partial charge in [0.05, 0.1) is 37.2 Å². The Kier molecular flexibility index (Phi) is 18.0. The van der Waals surface area contributed by atoms with Crippen LogP contribution < -0.4 is 10.5 Å². The summed E-state index contributed by atoms with van der Waals surface area (Å²) in [6.45, 7) is 19.2. The third-order valence-corrected chi connectivity index (χ3v) is 9.50. The number of ether oxygens (including phenoxy) is 2. The zero-order chi connectivity index (χ0) is 39.0. The molecule has 1 unspecified atom stereocenters. The number of hydrogen-bond donors (Lipinski definition) is 2. The van der Waals surface area contributed by atoms with Crippen LogP contribution in [-0.4, -0.2) is 56.2 Å². The van der Waals surface area contributed by atoms with Gasteiger partial charge in [-0.1, -0.05) is 95.3 Å². The van der Waals surface area contributed by atoms with Gasteiger partial charge in [-0.25, -0.2) is 4.98 Å². The van der Waals surface area contributed by atoms with Gasteiger partial charge in [0.15, 0.2) is 17.0 Å². The largest absolute Gasteiger partial charge is 0.500 e. The lowest BCUT2D eigenvalue weighted by molar-refractivity contribution is 0.293. The number of allylic oxidation sites excluding steroid dienone is 5. The average Bonchev–Trinajstić information content (AvgIpc) is 3.96. The molecule has 1 aliphatic carbocycles. The molecule has 282 valence electrons. The van der Waals surface area contributed by atoms with Gasteiger partial charge in [0.25, 0.3) is 0 Å². The number of aliphatic imine (C=N–C) groups is 1. The Hall–Kier alpha value is -4.24. The lowest BCUT2D eigenvalue weighted by Gasteiger charge is -2.29. The SMILES string of the molecule is C=C/C=C(\C(Cl)=C(/C)OC)c1nc(C(CN=Cc2cc(OC)c3nc(C4CC4)oc3c2)c2ccccc2)cc(C(C)(C)CC)c1C.CC.CN.CO. The molecule has 2 aromatic heterocycles. The molecule has 5 rings (SSSR count). The molecular formula is C43H59ClN4O4. The van der Waals surface area contributed by atoms with Crippen LogP contribution in [0.4, 0.5) is 0 Å². The van der Waals surface area contributed by atoms with Crippen molar-refractivity contribution >= 4 is 34.5 Å². The minimum Gasteiger partial charge on any atom is -0.500 e. The van der Waals surface area contributed by atoms with Crippen LogP contribution in [0.3, 0.4) is 0 Å². The highest BCUT2D eigenvalue weighted by molar-refractivity contribution is 6.37. The molecule has 2 heterocycles. The maximum absolute atomic E-state index is 7.00. The summed E-state index contributed by atoms with van der Waals surface area (Å²) in [4.78, 5) is 15.0. The topological polar surface area (TPSA) is 116 Å². The summed E-state index contributed by atoms with van der Waals surface area (Å²) in [7, 11) is 5.78. The molecule has 8 nitrogen and oxygen atoms in total. The summed E-state index contributed by atoms with van der Waals surface area (Å²) in [6, 6.07) is 16.6. The number of aliphatic hydroxyl groups is 1. The van der Waals surface area contributed by atoms with E-state index in [1.807, 2.05) is 51.3 Å². The van der Waals surface area contributed by atoms with Crippen LogP contribution in [0.5, 0.6) is 5.75 Å². The van der Waals surface area contributed by atoms with E-state index in [2.05, 4.69) is 70.3 Å². The summed E-state index contributed by atoms with van der Waals surface area (Å²) < 4.78 is 17.3. The number of aliphatic hydroxyl groups excluding tert-OH is 1. The molecule has 0 aliphatic heterocycles. The van der Waals surface area contributed by atoms with Crippen molar-refractivity contribution < 1.29 is 19.0 Å². The Labute approximate surface area is 316 Å². The van der Waals surface area contributed by atoms with Crippen LogP contribution in [0.2, 0.25) is 0 Å². The number of pyridine rings is 1. The highest BCUT2D eigenvalue weighted by atomic mass is 35.5. The minimum absolute atomic E-state index is 0.102. The van der Waals surface area contributed by atoms with Gasteiger partial charge in [0.2, 0.25) is 0 Å². The lowest BCUT2D eigenvalue weighted by Crippen LogP contribution is -2.21. The first kappa shape index (κ1) is 43.9. The second-order valence-electron chi connectivity index (χ2n) is 12.5. The quantitative estimate of drug-likeness (QED) is 0.0799. The minimum atomic E-state index is -0.114. The first-order chi connectivity index (χ1) is 25.1. The summed E-state index contributed by atoms with van der Waals surface area (Å²) in [5, 5.41) is 7.51. The highest BCUT2D eigenvalue weighted by Crippen LogP contribution is 2.42. The van der Waals surface area contributed by atoms with Crippen molar-refractivity contribution in [3.63, 3.8) is 0 Å². The summed E-state index contributed by atoms with van der Waals surface area (Å²) in [5.41, 5.74) is 12.7. The van der Waals surface area contributed by atoms with Gasteiger partial charge in [-0.2, -0.15) is 0 Å². The highest BCUT2D eigenvalue weighted by Gasteiger charge is 2.30. The van der Waals surface area contributed by atoms with Crippen LogP contribution in [-0.2, 0) is 10.2 Å². The molecule has 1 fully saturated rings. The van der Waals surface area contributed by atoms with E-state index in [-0.39, 0.29) is 11.3 Å². The van der Waals surface area contributed by atoms with Gasteiger partial charge in [-0.3, -0.25) is 9.98 Å². The number of fused-ring (bicyclic) bond motifs is 1. The van der Waals surface area contributed by atoms with Crippen molar-refractivity contribution in [2.75, 3.05) is 34.9 Å². The van der Waals surface area contributed by atoms with Gasteiger partial charge in [-0.05, 0) is 86.0 Å². The molecule has 3 N–H and O–H groups in total. The third kappa shape index (κ3) is 10.7. The van der Waals surface area contributed by atoms with Crippen molar-refractivity contribution in [2.45, 2.75) is 85.0 Å². The predicted octanol–water partition coefficient (Wildman–Crippen LogP) is 10.3. The van der Waals surface area contributed by atoms with E-state index in [0.717, 1.165) is 77.0 Å². The van der Waals surface area contributed by atoms with E-state index < -0.39 is 0 Å². The molecule has 4 aromatic rings.